The molecule has 6 heteroatoms. The summed E-state index contributed by atoms with van der Waals surface area (Å²) in [5.41, 5.74) is 1.44. The Morgan fingerprint density at radius 1 is 1.24 bits per heavy atom. The molecular weight excluding hydrogens is 268 g/mol. The van der Waals surface area contributed by atoms with Gasteiger partial charge in [-0.3, -0.25) is 10.1 Å². The highest BCUT2D eigenvalue weighted by atomic mass is 16.6. The molecule has 0 radical (unpaired) electrons. The zero-order valence-corrected chi connectivity index (χ0v) is 13.1. The van der Waals surface area contributed by atoms with E-state index in [9.17, 15) is 10.1 Å². The SMILES string of the molecule is Cc1cc([N+](=O)[O-])cnc1N1C[C@@]2(C)CN(C)C[C@]2(C)C1. The third kappa shape index (κ3) is 2.09. The lowest BCUT2D eigenvalue weighted by molar-refractivity contribution is -0.385. The molecule has 0 amide bonds. The summed E-state index contributed by atoms with van der Waals surface area (Å²) in [7, 11) is 2.18. The first-order valence-corrected chi connectivity index (χ1v) is 7.29. The first kappa shape index (κ1) is 14.3. The van der Waals surface area contributed by atoms with Crippen LogP contribution in [0.15, 0.2) is 12.3 Å². The van der Waals surface area contributed by atoms with Gasteiger partial charge in [0.2, 0.25) is 0 Å². The second kappa shape index (κ2) is 4.40. The molecule has 2 aliphatic heterocycles. The standard InChI is InChI=1S/C15H22N4O2/c1-11-5-12(19(20)21)6-16-13(11)18-9-14(2)7-17(4)8-15(14,3)10-18/h5-6H,7-10H2,1-4H3/t14-,15-/m1/s1. The Bertz CT molecular complexity index is 585. The second-order valence-corrected chi connectivity index (χ2v) is 7.24. The van der Waals surface area contributed by atoms with Gasteiger partial charge in [-0.1, -0.05) is 13.8 Å². The highest BCUT2D eigenvalue weighted by molar-refractivity contribution is 5.52. The number of hydrogen-bond acceptors (Lipinski definition) is 5. The van der Waals surface area contributed by atoms with E-state index in [1.54, 1.807) is 6.07 Å². The minimum atomic E-state index is -0.389. The minimum Gasteiger partial charge on any atom is -0.355 e. The molecule has 1 aromatic heterocycles. The van der Waals surface area contributed by atoms with Gasteiger partial charge in [-0.2, -0.15) is 0 Å². The molecule has 0 aliphatic carbocycles. The average molecular weight is 290 g/mol. The number of pyridine rings is 1. The third-order valence-corrected chi connectivity index (χ3v) is 5.32. The van der Waals surface area contributed by atoms with Gasteiger partial charge in [0.25, 0.3) is 5.69 Å². The molecule has 2 atom stereocenters. The molecule has 0 N–H and O–H groups in total. The molecule has 2 aliphatic rings. The van der Waals surface area contributed by atoms with Crippen molar-refractivity contribution < 1.29 is 4.92 Å². The Labute approximate surface area is 124 Å². The van der Waals surface area contributed by atoms with Crippen LogP contribution in [0.5, 0.6) is 0 Å². The quantitative estimate of drug-likeness (QED) is 0.616. The summed E-state index contributed by atoms with van der Waals surface area (Å²) in [5, 5.41) is 10.8. The zero-order chi connectivity index (χ0) is 15.4. The average Bonchev–Trinajstić information content (AvgIpc) is 2.71. The third-order valence-electron chi connectivity index (χ3n) is 5.32. The summed E-state index contributed by atoms with van der Waals surface area (Å²) in [5.74, 6) is 0.889. The van der Waals surface area contributed by atoms with Crippen LogP contribution < -0.4 is 4.90 Å². The maximum atomic E-state index is 10.8. The Kier molecular flexibility index (Phi) is 2.99. The van der Waals surface area contributed by atoms with Crippen molar-refractivity contribution in [2.75, 3.05) is 38.1 Å². The van der Waals surface area contributed by atoms with Crippen molar-refractivity contribution in [3.8, 4) is 0 Å². The Morgan fingerprint density at radius 3 is 2.29 bits per heavy atom. The number of likely N-dealkylation sites (tertiary alicyclic amines) is 1. The molecule has 0 spiro atoms. The fraction of sp³-hybridized carbons (Fsp3) is 0.667. The molecule has 0 unspecified atom stereocenters. The number of rotatable bonds is 2. The lowest BCUT2D eigenvalue weighted by Gasteiger charge is -2.30. The van der Waals surface area contributed by atoms with Crippen molar-refractivity contribution in [2.45, 2.75) is 20.8 Å². The van der Waals surface area contributed by atoms with Crippen LogP contribution in [0, 0.1) is 27.9 Å². The Morgan fingerprint density at radius 2 is 1.81 bits per heavy atom. The van der Waals surface area contributed by atoms with Crippen LogP contribution in [-0.4, -0.2) is 48.0 Å². The molecule has 2 fully saturated rings. The van der Waals surface area contributed by atoms with Gasteiger partial charge < -0.3 is 9.80 Å². The van der Waals surface area contributed by atoms with E-state index in [4.69, 9.17) is 0 Å². The molecule has 114 valence electrons. The van der Waals surface area contributed by atoms with E-state index in [0.717, 1.165) is 37.6 Å². The first-order chi connectivity index (χ1) is 9.74. The fourth-order valence-corrected chi connectivity index (χ4v) is 4.14. The smallest absolute Gasteiger partial charge is 0.287 e. The predicted molar refractivity (Wildman–Crippen MR) is 81.6 cm³/mol. The summed E-state index contributed by atoms with van der Waals surface area (Å²) in [6.07, 6.45) is 1.37. The molecular formula is C15H22N4O2. The number of nitrogens with zero attached hydrogens (tertiary/aromatic N) is 4. The van der Waals surface area contributed by atoms with E-state index >= 15 is 0 Å². The van der Waals surface area contributed by atoms with Crippen molar-refractivity contribution in [3.63, 3.8) is 0 Å². The van der Waals surface area contributed by atoms with Crippen molar-refractivity contribution in [3.05, 3.63) is 27.9 Å². The van der Waals surface area contributed by atoms with Gasteiger partial charge in [0.15, 0.2) is 0 Å². The lowest BCUT2D eigenvalue weighted by Crippen LogP contribution is -2.34. The minimum absolute atomic E-state index is 0.0628. The van der Waals surface area contributed by atoms with Gasteiger partial charge in [-0.25, -0.2) is 4.98 Å². The van der Waals surface area contributed by atoms with Gasteiger partial charge in [0, 0.05) is 43.1 Å². The summed E-state index contributed by atoms with van der Waals surface area (Å²) in [6, 6.07) is 1.62. The van der Waals surface area contributed by atoms with Gasteiger partial charge >= 0.3 is 0 Å². The van der Waals surface area contributed by atoms with E-state index in [1.165, 1.54) is 6.20 Å². The van der Waals surface area contributed by atoms with E-state index < -0.39 is 0 Å². The predicted octanol–water partition coefficient (Wildman–Crippen LogP) is 2.08. The number of nitro groups is 1. The molecule has 0 bridgehead atoms. The normalized spacial score (nSPS) is 32.5. The maximum absolute atomic E-state index is 10.8. The van der Waals surface area contributed by atoms with Crippen LogP contribution in [0.4, 0.5) is 11.5 Å². The fourth-order valence-electron chi connectivity index (χ4n) is 4.14. The number of hydrogen-bond donors (Lipinski definition) is 0. The topological polar surface area (TPSA) is 62.5 Å². The van der Waals surface area contributed by atoms with E-state index in [0.29, 0.717) is 0 Å². The van der Waals surface area contributed by atoms with Crippen LogP contribution in [0.3, 0.4) is 0 Å². The lowest BCUT2D eigenvalue weighted by atomic mass is 9.71. The van der Waals surface area contributed by atoms with Crippen molar-refractivity contribution >= 4 is 11.5 Å². The molecule has 0 saturated carbocycles. The Hall–Kier alpha value is -1.69. The van der Waals surface area contributed by atoms with Gasteiger partial charge in [0.05, 0.1) is 4.92 Å². The Balaban J connectivity index is 1.89. The summed E-state index contributed by atoms with van der Waals surface area (Å²) in [6.45, 7) is 10.7. The van der Waals surface area contributed by atoms with Crippen LogP contribution in [0.1, 0.15) is 19.4 Å². The molecule has 2 saturated heterocycles. The van der Waals surface area contributed by atoms with E-state index in [2.05, 4.69) is 35.7 Å². The summed E-state index contributed by atoms with van der Waals surface area (Å²) >= 11 is 0. The monoisotopic (exact) mass is 290 g/mol. The van der Waals surface area contributed by atoms with Crippen molar-refractivity contribution in [2.24, 2.45) is 10.8 Å². The van der Waals surface area contributed by atoms with Crippen molar-refractivity contribution in [1.29, 1.82) is 0 Å². The molecule has 1 aromatic rings. The van der Waals surface area contributed by atoms with E-state index in [-0.39, 0.29) is 21.4 Å². The van der Waals surface area contributed by atoms with E-state index in [1.807, 2.05) is 6.92 Å². The number of aryl methyl sites for hydroxylation is 1. The molecule has 3 heterocycles. The molecule has 21 heavy (non-hydrogen) atoms. The van der Waals surface area contributed by atoms with Gasteiger partial charge in [-0.15, -0.1) is 0 Å². The zero-order valence-electron chi connectivity index (χ0n) is 13.1. The molecule has 6 nitrogen and oxygen atoms in total. The summed E-state index contributed by atoms with van der Waals surface area (Å²) < 4.78 is 0. The second-order valence-electron chi connectivity index (χ2n) is 7.24. The van der Waals surface area contributed by atoms with Crippen molar-refractivity contribution in [1.82, 2.24) is 9.88 Å². The summed E-state index contributed by atoms with van der Waals surface area (Å²) in [4.78, 5) is 19.5. The number of anilines is 1. The highest BCUT2D eigenvalue weighted by Gasteiger charge is 2.57. The van der Waals surface area contributed by atoms with Crippen LogP contribution in [-0.2, 0) is 0 Å². The van der Waals surface area contributed by atoms with Crippen LogP contribution >= 0.6 is 0 Å². The molecule has 3 rings (SSSR count). The number of fused-ring (bicyclic) bond motifs is 1. The number of aromatic nitrogens is 1. The highest BCUT2D eigenvalue weighted by Crippen LogP contribution is 2.52. The molecule has 0 aromatic carbocycles. The van der Waals surface area contributed by atoms with Crippen LogP contribution in [0.2, 0.25) is 0 Å². The largest absolute Gasteiger partial charge is 0.355 e. The van der Waals surface area contributed by atoms with Gasteiger partial charge in [-0.05, 0) is 19.5 Å². The van der Waals surface area contributed by atoms with Gasteiger partial charge in [0.1, 0.15) is 12.0 Å². The maximum Gasteiger partial charge on any atom is 0.287 e. The van der Waals surface area contributed by atoms with Crippen LogP contribution in [0.25, 0.3) is 0 Å². The first-order valence-electron chi connectivity index (χ1n) is 7.29.